The maximum absolute atomic E-state index is 13.0. The standard InChI is InChI=1S/C16H20Cl3N3O3S/c17-10-8-12(18)15(13(19)9-10)26(24,25)21-6-3-11(4-7-21)22-5-1-2-14(22)16(20)23/h8-9,11,14H,1-7H2,(H2,20,23). The van der Waals surface area contributed by atoms with Gasteiger partial charge in [0.1, 0.15) is 4.90 Å². The van der Waals surface area contributed by atoms with Crippen LogP contribution in [0.4, 0.5) is 0 Å². The van der Waals surface area contributed by atoms with E-state index >= 15 is 0 Å². The molecule has 0 spiro atoms. The van der Waals surface area contributed by atoms with E-state index in [-0.39, 0.29) is 38.0 Å². The van der Waals surface area contributed by atoms with Crippen molar-refractivity contribution in [3.63, 3.8) is 0 Å². The molecule has 2 N–H and O–H groups in total. The van der Waals surface area contributed by atoms with Crippen LogP contribution in [0.5, 0.6) is 0 Å². The number of carbonyl (C=O) groups is 1. The van der Waals surface area contributed by atoms with E-state index in [1.165, 1.54) is 16.4 Å². The van der Waals surface area contributed by atoms with E-state index in [0.29, 0.717) is 25.9 Å². The van der Waals surface area contributed by atoms with Crippen LogP contribution < -0.4 is 5.73 Å². The highest BCUT2D eigenvalue weighted by Gasteiger charge is 2.38. The molecule has 1 aromatic rings. The molecule has 0 bridgehead atoms. The van der Waals surface area contributed by atoms with Gasteiger partial charge in [-0.1, -0.05) is 34.8 Å². The number of benzene rings is 1. The van der Waals surface area contributed by atoms with Crippen LogP contribution in [0.25, 0.3) is 0 Å². The van der Waals surface area contributed by atoms with Gasteiger partial charge in [0, 0.05) is 24.2 Å². The van der Waals surface area contributed by atoms with Crippen LogP contribution in [0.2, 0.25) is 15.1 Å². The number of primary amides is 1. The molecule has 1 amide bonds. The zero-order valence-corrected chi connectivity index (χ0v) is 17.1. The van der Waals surface area contributed by atoms with Crippen LogP contribution in [-0.2, 0) is 14.8 Å². The fourth-order valence-electron chi connectivity index (χ4n) is 3.85. The van der Waals surface area contributed by atoms with E-state index in [1.807, 2.05) is 0 Å². The molecule has 0 saturated carbocycles. The van der Waals surface area contributed by atoms with E-state index < -0.39 is 10.0 Å². The molecule has 1 unspecified atom stereocenters. The van der Waals surface area contributed by atoms with Crippen molar-refractivity contribution in [2.75, 3.05) is 19.6 Å². The summed E-state index contributed by atoms with van der Waals surface area (Å²) in [6, 6.07) is 2.65. The Kier molecular flexibility index (Phi) is 6.06. The van der Waals surface area contributed by atoms with Gasteiger partial charge in [0.05, 0.1) is 16.1 Å². The number of likely N-dealkylation sites (tertiary alicyclic amines) is 1. The second-order valence-corrected chi connectivity index (χ2v) is 9.76. The minimum absolute atomic E-state index is 0.0120. The maximum Gasteiger partial charge on any atom is 0.246 e. The summed E-state index contributed by atoms with van der Waals surface area (Å²) >= 11 is 18.0. The molecule has 10 heteroatoms. The van der Waals surface area contributed by atoms with Crippen molar-refractivity contribution in [3.05, 3.63) is 27.2 Å². The van der Waals surface area contributed by atoms with Crippen LogP contribution in [0.3, 0.4) is 0 Å². The average Bonchev–Trinajstić information content (AvgIpc) is 3.03. The van der Waals surface area contributed by atoms with E-state index in [1.54, 1.807) is 0 Å². The smallest absolute Gasteiger partial charge is 0.246 e. The fraction of sp³-hybridized carbons (Fsp3) is 0.562. The summed E-state index contributed by atoms with van der Waals surface area (Å²) in [6.45, 7) is 1.49. The summed E-state index contributed by atoms with van der Waals surface area (Å²) < 4.78 is 27.3. The van der Waals surface area contributed by atoms with Gasteiger partial charge in [0.2, 0.25) is 15.9 Å². The highest BCUT2D eigenvalue weighted by Crippen LogP contribution is 2.36. The molecule has 2 aliphatic rings. The zero-order valence-electron chi connectivity index (χ0n) is 14.0. The molecule has 3 rings (SSSR count). The molecule has 2 heterocycles. The number of halogens is 3. The Morgan fingerprint density at radius 2 is 1.62 bits per heavy atom. The largest absolute Gasteiger partial charge is 0.368 e. The van der Waals surface area contributed by atoms with E-state index in [2.05, 4.69) is 4.90 Å². The minimum atomic E-state index is -3.82. The maximum atomic E-state index is 13.0. The van der Waals surface area contributed by atoms with E-state index in [4.69, 9.17) is 40.5 Å². The van der Waals surface area contributed by atoms with Gasteiger partial charge in [-0.2, -0.15) is 4.31 Å². The Morgan fingerprint density at radius 1 is 1.04 bits per heavy atom. The van der Waals surface area contributed by atoms with Crippen molar-refractivity contribution in [2.24, 2.45) is 5.73 Å². The Hall–Kier alpha value is -0.570. The first-order valence-electron chi connectivity index (χ1n) is 8.41. The number of sulfonamides is 1. The third kappa shape index (κ3) is 3.84. The first-order valence-corrected chi connectivity index (χ1v) is 11.0. The van der Waals surface area contributed by atoms with Crippen LogP contribution in [-0.4, -0.2) is 55.2 Å². The summed E-state index contributed by atoms with van der Waals surface area (Å²) in [5.41, 5.74) is 5.49. The zero-order chi connectivity index (χ0) is 19.1. The molecule has 2 saturated heterocycles. The van der Waals surface area contributed by atoms with Gasteiger partial charge in [-0.05, 0) is 44.4 Å². The van der Waals surface area contributed by atoms with Gasteiger partial charge in [-0.3, -0.25) is 9.69 Å². The first kappa shape index (κ1) is 20.2. The monoisotopic (exact) mass is 439 g/mol. The lowest BCUT2D eigenvalue weighted by atomic mass is 10.0. The molecule has 144 valence electrons. The Balaban J connectivity index is 1.75. The van der Waals surface area contributed by atoms with E-state index in [0.717, 1.165) is 19.4 Å². The molecule has 2 fully saturated rings. The van der Waals surface area contributed by atoms with Crippen molar-refractivity contribution >= 4 is 50.7 Å². The Bertz CT molecular complexity index is 787. The summed E-state index contributed by atoms with van der Waals surface area (Å²) in [5, 5.41) is 0.306. The van der Waals surface area contributed by atoms with Gasteiger partial charge in [-0.25, -0.2) is 8.42 Å². The molecule has 2 aliphatic heterocycles. The summed E-state index contributed by atoms with van der Waals surface area (Å²) in [7, 11) is -3.82. The van der Waals surface area contributed by atoms with Crippen LogP contribution in [0, 0.1) is 0 Å². The minimum Gasteiger partial charge on any atom is -0.368 e. The number of amides is 1. The molecule has 0 aliphatic carbocycles. The number of carbonyl (C=O) groups excluding carboxylic acids is 1. The summed E-state index contributed by atoms with van der Waals surface area (Å²) in [6.07, 6.45) is 2.96. The SMILES string of the molecule is NC(=O)C1CCCN1C1CCN(S(=O)(=O)c2c(Cl)cc(Cl)cc2Cl)CC1. The molecule has 6 nitrogen and oxygen atoms in total. The number of nitrogens with two attached hydrogens (primary N) is 1. The summed E-state index contributed by atoms with van der Waals surface area (Å²) in [5.74, 6) is -0.308. The van der Waals surface area contributed by atoms with Crippen LogP contribution >= 0.6 is 34.8 Å². The van der Waals surface area contributed by atoms with Gasteiger partial charge in [-0.15, -0.1) is 0 Å². The third-order valence-corrected chi connectivity index (χ3v) is 8.12. The second kappa shape index (κ2) is 7.81. The molecule has 26 heavy (non-hydrogen) atoms. The van der Waals surface area contributed by atoms with Gasteiger partial charge in [0.25, 0.3) is 0 Å². The lowest BCUT2D eigenvalue weighted by molar-refractivity contribution is -0.123. The van der Waals surface area contributed by atoms with Crippen molar-refractivity contribution in [3.8, 4) is 0 Å². The molecular formula is C16H20Cl3N3O3S. The normalized spacial score (nSPS) is 23.4. The number of rotatable bonds is 4. The number of hydrogen-bond donors (Lipinski definition) is 1. The number of hydrogen-bond acceptors (Lipinski definition) is 4. The third-order valence-electron chi connectivity index (χ3n) is 5.08. The lowest BCUT2D eigenvalue weighted by Gasteiger charge is -2.38. The molecular weight excluding hydrogens is 421 g/mol. The topological polar surface area (TPSA) is 83.7 Å². The van der Waals surface area contributed by atoms with Gasteiger partial charge in [0.15, 0.2) is 0 Å². The van der Waals surface area contributed by atoms with Crippen molar-refractivity contribution in [2.45, 2.75) is 42.7 Å². The van der Waals surface area contributed by atoms with Crippen molar-refractivity contribution in [1.29, 1.82) is 0 Å². The van der Waals surface area contributed by atoms with Gasteiger partial charge < -0.3 is 5.73 Å². The molecule has 0 radical (unpaired) electrons. The van der Waals surface area contributed by atoms with Crippen molar-refractivity contribution < 1.29 is 13.2 Å². The lowest BCUT2D eigenvalue weighted by Crippen LogP contribution is -2.51. The highest BCUT2D eigenvalue weighted by atomic mass is 35.5. The van der Waals surface area contributed by atoms with Gasteiger partial charge >= 0.3 is 0 Å². The second-order valence-electron chi connectivity index (χ2n) is 6.63. The fourth-order valence-corrected chi connectivity index (χ4v) is 6.81. The molecule has 1 atom stereocenters. The highest BCUT2D eigenvalue weighted by molar-refractivity contribution is 7.89. The van der Waals surface area contributed by atoms with E-state index in [9.17, 15) is 13.2 Å². The predicted molar refractivity (Wildman–Crippen MR) is 102 cm³/mol. The Labute approximate surface area is 168 Å². The van der Waals surface area contributed by atoms with Crippen molar-refractivity contribution in [1.82, 2.24) is 9.21 Å². The summed E-state index contributed by atoms with van der Waals surface area (Å²) in [4.78, 5) is 13.6. The quantitative estimate of drug-likeness (QED) is 0.780. The molecule has 0 aromatic heterocycles. The van der Waals surface area contributed by atoms with Crippen LogP contribution in [0.15, 0.2) is 17.0 Å². The first-order chi connectivity index (χ1) is 12.2. The number of piperidine rings is 1. The average molecular weight is 441 g/mol. The van der Waals surface area contributed by atoms with Crippen LogP contribution in [0.1, 0.15) is 25.7 Å². The predicted octanol–water partition coefficient (Wildman–Crippen LogP) is 2.75. The number of nitrogens with zero attached hydrogens (tertiary/aromatic N) is 2. The Morgan fingerprint density at radius 3 is 2.15 bits per heavy atom. The molecule has 1 aromatic carbocycles.